The number of hydrogen-bond acceptors (Lipinski definition) is 3. The van der Waals surface area contributed by atoms with E-state index in [4.69, 9.17) is 5.11 Å². The Bertz CT molecular complexity index is 21.4. The third-order valence-corrected chi connectivity index (χ3v) is 0. The van der Waals surface area contributed by atoms with Crippen LogP contribution in [0.25, 0.3) is 0 Å². The molecule has 15 heavy (non-hydrogen) atoms. The Kier molecular flexibility index (Phi) is 7450000. The molecule has 0 aliphatic heterocycles. The van der Waals surface area contributed by atoms with Crippen LogP contribution < -0.4 is 12.3 Å². The van der Waals surface area contributed by atoms with Gasteiger partial charge in [-0.3, -0.25) is 0 Å². The molecule has 0 saturated carbocycles. The molecule has 9 heteroatoms. The molecular formula is C6H42N2O7. The van der Waals surface area contributed by atoms with E-state index in [-0.39, 0.29) is 82.3 Å². The van der Waals surface area contributed by atoms with Gasteiger partial charge in [-0.15, -0.1) is 0 Å². The van der Waals surface area contributed by atoms with E-state index in [1.807, 2.05) is 0 Å². The second kappa shape index (κ2) is 16800. The lowest BCUT2D eigenvalue weighted by atomic mass is 11.8. The maximum absolute atomic E-state index is 7.00. The zero-order valence-corrected chi connectivity index (χ0v) is 5.86. The summed E-state index contributed by atoms with van der Waals surface area (Å²) in [6.07, 6.45) is 0. The molecule has 0 atom stereocenters. The molecule has 118 valence electrons. The minimum Gasteiger partial charge on any atom is -0.412 e. The molecule has 0 aliphatic carbocycles. The van der Waals surface area contributed by atoms with E-state index in [1.54, 1.807) is 0 Å². The molecule has 0 bridgehead atoms. The Morgan fingerprint density at radius 3 is 0.400 bits per heavy atom. The van der Waals surface area contributed by atoms with E-state index in [0.29, 0.717) is 0 Å². The van der Waals surface area contributed by atoms with Crippen LogP contribution in [0, 0.1) is 0 Å². The summed E-state index contributed by atoms with van der Waals surface area (Å²) in [7, 11) is 1.00. The highest BCUT2D eigenvalue weighted by atomic mass is 16.2. The van der Waals surface area contributed by atoms with Gasteiger partial charge >= 0.3 is 0 Å². The topological polar surface area (TPSA) is 279 Å². The predicted octanol–water partition coefficient (Wildman–Crippen LogP) is -1.84. The Morgan fingerprint density at radius 2 is 0.400 bits per heavy atom. The van der Waals surface area contributed by atoms with Crippen LogP contribution in [0.5, 0.6) is 0 Å². The van der Waals surface area contributed by atoms with Crippen molar-refractivity contribution in [2.24, 2.45) is 0 Å². The third-order valence-electron chi connectivity index (χ3n) is 0. The van der Waals surface area contributed by atoms with Crippen molar-refractivity contribution >= 4 is 0 Å². The fourth-order valence-corrected chi connectivity index (χ4v) is 0. The first-order chi connectivity index (χ1) is 1.00. The molecule has 0 aromatic carbocycles. The first-order valence-corrected chi connectivity index (χ1v) is 0.447. The number of aliphatic hydroxyl groups is 1. The van der Waals surface area contributed by atoms with E-state index >= 15 is 0 Å². The maximum Gasteiger partial charge on any atom is 0.0319 e. The highest BCUT2D eigenvalue weighted by Gasteiger charge is 0.839. The molecule has 19 N–H and O–H groups in total. The lowest BCUT2D eigenvalue weighted by Gasteiger charge is -1.21. The van der Waals surface area contributed by atoms with Crippen molar-refractivity contribution < 1.29 is 38.0 Å². The Balaban J connectivity index is -0.0000000000641. The summed E-state index contributed by atoms with van der Waals surface area (Å²) in [6.45, 7) is 0. The highest BCUT2D eigenvalue weighted by molar-refractivity contribution is 3.18. The summed E-state index contributed by atoms with van der Waals surface area (Å²) in [5.74, 6) is 0. The molecular weight excluding hydrogens is 212 g/mol. The molecule has 0 rings (SSSR count). The Hall–Kier alpha value is -0.360. The summed E-state index contributed by atoms with van der Waals surface area (Å²) < 4.78 is 0. The van der Waals surface area contributed by atoms with Gasteiger partial charge in [-0.05, 0) is 0 Å². The number of aliphatic hydroxyl groups excluding tert-OH is 1. The van der Waals surface area contributed by atoms with Crippen LogP contribution in [-0.4, -0.2) is 45.1 Å². The molecule has 0 fully saturated rings. The molecule has 0 aromatic rings. The average Bonchev–Trinajstić information content (AvgIpc) is 1.00. The van der Waals surface area contributed by atoms with Gasteiger partial charge in [0, 0.05) is 7.11 Å². The fraction of sp³-hybridized carbons (Fsp3) is 1.00. The van der Waals surface area contributed by atoms with Crippen molar-refractivity contribution in [2.75, 3.05) is 7.11 Å². The fourth-order valence-electron chi connectivity index (χ4n) is 0. The second-order valence-corrected chi connectivity index (χ2v) is 0. The SMILES string of the molecule is C.C.C.C.C.CO.N.N.O.O.O.O.O.O. The van der Waals surface area contributed by atoms with Crippen LogP contribution >= 0.6 is 0 Å². The van der Waals surface area contributed by atoms with Gasteiger partial charge in [0.25, 0.3) is 0 Å². The van der Waals surface area contributed by atoms with E-state index in [9.17, 15) is 0 Å². The zero-order valence-electron chi connectivity index (χ0n) is 5.86. The van der Waals surface area contributed by atoms with Crippen molar-refractivity contribution in [3.8, 4) is 0 Å². The summed E-state index contributed by atoms with van der Waals surface area (Å²) in [5.41, 5.74) is 0. The monoisotopic (exact) mass is 254 g/mol. The molecule has 0 aromatic heterocycles. The molecule has 9 nitrogen and oxygen atoms in total. The van der Waals surface area contributed by atoms with Crippen LogP contribution in [0.2, 0.25) is 0 Å². The second-order valence-electron chi connectivity index (χ2n) is 0. The standard InChI is InChI=1S/CH4O.5CH4.2H3N.6H2O/c1-2;;;;;;;;;;;;;/h2H,1H3;5*1H4;2*1H3;6*1H2. The summed E-state index contributed by atoms with van der Waals surface area (Å²) >= 11 is 0. The van der Waals surface area contributed by atoms with Crippen LogP contribution in [0.4, 0.5) is 0 Å². The summed E-state index contributed by atoms with van der Waals surface area (Å²) in [6, 6.07) is 0. The van der Waals surface area contributed by atoms with Gasteiger partial charge in [-0.2, -0.15) is 0 Å². The molecule has 0 saturated heterocycles. The first-order valence-electron chi connectivity index (χ1n) is 0.447. The van der Waals surface area contributed by atoms with Gasteiger partial charge in [-0.25, -0.2) is 0 Å². The van der Waals surface area contributed by atoms with E-state index in [1.165, 1.54) is 0 Å². The molecule has 0 radical (unpaired) electrons. The first kappa shape index (κ1) is 6650. The van der Waals surface area contributed by atoms with Crippen LogP contribution in [0.15, 0.2) is 0 Å². The molecule has 0 aliphatic rings. The van der Waals surface area contributed by atoms with Gasteiger partial charge in [0.15, 0.2) is 0 Å². The normalized spacial score (nSPS) is 0.400. The summed E-state index contributed by atoms with van der Waals surface area (Å²) in [4.78, 5) is 0. The van der Waals surface area contributed by atoms with Crippen molar-refractivity contribution in [1.82, 2.24) is 12.3 Å². The average molecular weight is 254 g/mol. The van der Waals surface area contributed by atoms with E-state index in [2.05, 4.69) is 0 Å². The largest absolute Gasteiger partial charge is 0.412 e. The van der Waals surface area contributed by atoms with Crippen molar-refractivity contribution in [3.63, 3.8) is 0 Å². The van der Waals surface area contributed by atoms with Crippen LogP contribution in [0.1, 0.15) is 37.1 Å². The van der Waals surface area contributed by atoms with E-state index in [0.717, 1.165) is 7.11 Å². The maximum atomic E-state index is 7.00. The molecule has 0 amide bonds. The molecule has 0 heterocycles. The van der Waals surface area contributed by atoms with Gasteiger partial charge in [0.05, 0.1) is 0 Å². The number of hydrogen-bond donors (Lipinski definition) is 3. The number of rotatable bonds is 0. The van der Waals surface area contributed by atoms with Gasteiger partial charge < -0.3 is 50.3 Å². The Morgan fingerprint density at radius 1 is 0.400 bits per heavy atom. The minimum atomic E-state index is 0. The third kappa shape index (κ3) is 14300. The predicted molar refractivity (Wildman–Crippen MR) is 73.5 cm³/mol. The smallest absolute Gasteiger partial charge is 0.0319 e. The zero-order chi connectivity index (χ0) is 2.00. The minimum absolute atomic E-state index is 0. The van der Waals surface area contributed by atoms with Crippen molar-refractivity contribution in [1.29, 1.82) is 0 Å². The molecule has 0 spiro atoms. The Labute approximate surface area is 95.5 Å². The van der Waals surface area contributed by atoms with Crippen LogP contribution in [0.3, 0.4) is 0 Å². The van der Waals surface area contributed by atoms with Gasteiger partial charge in [0.2, 0.25) is 0 Å². The van der Waals surface area contributed by atoms with Crippen molar-refractivity contribution in [2.45, 2.75) is 37.1 Å². The van der Waals surface area contributed by atoms with Gasteiger partial charge in [-0.1, -0.05) is 37.1 Å². The van der Waals surface area contributed by atoms with Crippen LogP contribution in [-0.2, 0) is 0 Å². The summed E-state index contributed by atoms with van der Waals surface area (Å²) in [5, 5.41) is 7.00. The quantitative estimate of drug-likeness (QED) is 0.449. The lowest BCUT2D eigenvalue weighted by Crippen LogP contribution is -1.25. The van der Waals surface area contributed by atoms with Crippen molar-refractivity contribution in [3.05, 3.63) is 0 Å². The molecule has 0 unspecified atom stereocenters. The van der Waals surface area contributed by atoms with Gasteiger partial charge in [0.1, 0.15) is 0 Å². The highest BCUT2D eigenvalue weighted by Crippen LogP contribution is 0.755. The van der Waals surface area contributed by atoms with E-state index < -0.39 is 0 Å². The lowest BCUT2D eigenvalue weighted by molar-refractivity contribution is 0.399.